The first-order valence-electron chi connectivity index (χ1n) is 8.98. The molecule has 0 aliphatic heterocycles. The summed E-state index contributed by atoms with van der Waals surface area (Å²) in [5.74, 6) is -0.358. The molecule has 2 atom stereocenters. The monoisotopic (exact) mass is 352 g/mol. The largest absolute Gasteiger partial charge is 0.455 e. The minimum atomic E-state index is -1.28. The van der Waals surface area contributed by atoms with Crippen LogP contribution < -0.4 is 0 Å². The van der Waals surface area contributed by atoms with Crippen molar-refractivity contribution < 1.29 is 19.7 Å². The summed E-state index contributed by atoms with van der Waals surface area (Å²) in [7, 11) is 0. The van der Waals surface area contributed by atoms with Gasteiger partial charge >= 0.3 is 5.97 Å². The third-order valence-corrected chi connectivity index (χ3v) is 4.75. The lowest BCUT2D eigenvalue weighted by Gasteiger charge is -2.30. The Labute approximate surface area is 153 Å². The molecule has 0 heterocycles. The quantitative estimate of drug-likeness (QED) is 0.592. The zero-order valence-corrected chi connectivity index (χ0v) is 14.7. The van der Waals surface area contributed by atoms with Gasteiger partial charge in [-0.3, -0.25) is 4.79 Å². The third-order valence-electron chi connectivity index (χ3n) is 4.75. The van der Waals surface area contributed by atoms with Crippen molar-refractivity contribution in [3.8, 4) is 0 Å². The van der Waals surface area contributed by atoms with E-state index in [1.54, 1.807) is 0 Å². The van der Waals surface area contributed by atoms with E-state index in [2.05, 4.69) is 0 Å². The van der Waals surface area contributed by atoms with Crippen LogP contribution in [0.25, 0.3) is 5.57 Å². The summed E-state index contributed by atoms with van der Waals surface area (Å²) in [4.78, 5) is 12.2. The number of rotatable bonds is 7. The van der Waals surface area contributed by atoms with Crippen molar-refractivity contribution >= 4 is 11.5 Å². The fourth-order valence-corrected chi connectivity index (χ4v) is 3.33. The molecule has 1 aliphatic rings. The van der Waals surface area contributed by atoms with Gasteiger partial charge < -0.3 is 14.9 Å². The van der Waals surface area contributed by atoms with Gasteiger partial charge in [0.05, 0.1) is 0 Å². The van der Waals surface area contributed by atoms with Gasteiger partial charge in [0.1, 0.15) is 5.60 Å². The van der Waals surface area contributed by atoms with Gasteiger partial charge in [-0.1, -0.05) is 60.7 Å². The number of carbonyl (C=O) groups excluding carboxylic acids is 1. The molecule has 136 valence electrons. The molecule has 1 aliphatic carbocycles. The predicted octanol–water partition coefficient (Wildman–Crippen LogP) is 3.44. The second kappa shape index (κ2) is 8.30. The van der Waals surface area contributed by atoms with Gasteiger partial charge in [0.15, 0.2) is 6.10 Å². The molecular formula is C22H24O4. The fourth-order valence-electron chi connectivity index (χ4n) is 3.33. The number of ether oxygens (including phenoxy) is 1. The lowest BCUT2D eigenvalue weighted by molar-refractivity contribution is -0.159. The number of aliphatic hydroxyl groups excluding tert-OH is 1. The van der Waals surface area contributed by atoms with Crippen LogP contribution in [0, 0.1) is 0 Å². The molecule has 4 heteroatoms. The summed E-state index contributed by atoms with van der Waals surface area (Å²) in [6, 6.07) is 19.2. The van der Waals surface area contributed by atoms with Crippen LogP contribution in [0.5, 0.6) is 0 Å². The van der Waals surface area contributed by atoms with Crippen molar-refractivity contribution in [1.29, 1.82) is 0 Å². The highest BCUT2D eigenvalue weighted by molar-refractivity contribution is 5.74. The number of aliphatic hydroxyl groups is 2. The Balaban J connectivity index is 1.85. The van der Waals surface area contributed by atoms with E-state index in [4.69, 9.17) is 9.84 Å². The van der Waals surface area contributed by atoms with Crippen molar-refractivity contribution in [2.24, 2.45) is 0 Å². The summed E-state index contributed by atoms with van der Waals surface area (Å²) >= 11 is 0. The van der Waals surface area contributed by atoms with Gasteiger partial charge in [0.25, 0.3) is 0 Å². The molecule has 2 aromatic rings. The van der Waals surface area contributed by atoms with Crippen LogP contribution in [0.4, 0.5) is 0 Å². The van der Waals surface area contributed by atoms with Gasteiger partial charge in [0.2, 0.25) is 0 Å². The fraction of sp³-hybridized carbons (Fsp3) is 0.318. The molecule has 0 fully saturated rings. The summed E-state index contributed by atoms with van der Waals surface area (Å²) in [5.41, 5.74) is 1.43. The normalized spacial score (nSPS) is 22.1. The summed E-state index contributed by atoms with van der Waals surface area (Å²) in [5, 5.41) is 20.3. The Morgan fingerprint density at radius 1 is 1.04 bits per heavy atom. The van der Waals surface area contributed by atoms with Crippen LogP contribution in [-0.2, 0) is 15.1 Å². The second-order valence-corrected chi connectivity index (χ2v) is 6.62. The smallest absolute Gasteiger partial charge is 0.306 e. The van der Waals surface area contributed by atoms with Gasteiger partial charge in [-0.25, -0.2) is 0 Å². The Hall–Kier alpha value is -2.43. The zero-order chi connectivity index (χ0) is 18.4. The SMILES string of the molecule is O=C(CCCCO)O[C@H]1C=C(c2ccccc2)C[C@]1(O)c1ccccc1. The summed E-state index contributed by atoms with van der Waals surface area (Å²) in [6.07, 6.45) is 2.87. The first-order valence-corrected chi connectivity index (χ1v) is 8.98. The average Bonchev–Trinajstić information content (AvgIpc) is 3.01. The van der Waals surface area contributed by atoms with Crippen molar-refractivity contribution in [2.45, 2.75) is 37.4 Å². The topological polar surface area (TPSA) is 66.8 Å². The molecule has 4 nitrogen and oxygen atoms in total. The van der Waals surface area contributed by atoms with Crippen LogP contribution in [0.15, 0.2) is 66.7 Å². The molecule has 0 bridgehead atoms. The first-order chi connectivity index (χ1) is 12.6. The van der Waals surface area contributed by atoms with E-state index in [1.807, 2.05) is 66.7 Å². The van der Waals surface area contributed by atoms with Crippen LogP contribution in [-0.4, -0.2) is 28.9 Å². The molecule has 0 unspecified atom stereocenters. The minimum Gasteiger partial charge on any atom is -0.455 e. The van der Waals surface area contributed by atoms with E-state index in [-0.39, 0.29) is 19.0 Å². The number of hydrogen-bond acceptors (Lipinski definition) is 4. The summed E-state index contributed by atoms with van der Waals surface area (Å²) < 4.78 is 5.63. The van der Waals surface area contributed by atoms with Gasteiger partial charge in [-0.15, -0.1) is 0 Å². The third kappa shape index (κ3) is 4.03. The highest BCUT2D eigenvalue weighted by Crippen LogP contribution is 2.43. The Morgan fingerprint density at radius 2 is 1.69 bits per heavy atom. The van der Waals surface area contributed by atoms with E-state index >= 15 is 0 Å². The minimum absolute atomic E-state index is 0.0583. The van der Waals surface area contributed by atoms with E-state index < -0.39 is 11.7 Å². The van der Waals surface area contributed by atoms with Crippen LogP contribution in [0.2, 0.25) is 0 Å². The molecule has 0 saturated carbocycles. The molecule has 0 amide bonds. The maximum Gasteiger partial charge on any atom is 0.306 e. The molecule has 0 saturated heterocycles. The van der Waals surface area contributed by atoms with Gasteiger partial charge in [-0.2, -0.15) is 0 Å². The van der Waals surface area contributed by atoms with E-state index in [1.165, 1.54) is 0 Å². The van der Waals surface area contributed by atoms with E-state index in [9.17, 15) is 9.90 Å². The Morgan fingerprint density at radius 3 is 2.35 bits per heavy atom. The van der Waals surface area contributed by atoms with Crippen molar-refractivity contribution in [3.63, 3.8) is 0 Å². The van der Waals surface area contributed by atoms with Gasteiger partial charge in [0, 0.05) is 19.4 Å². The number of benzene rings is 2. The number of hydrogen-bond donors (Lipinski definition) is 2. The predicted molar refractivity (Wildman–Crippen MR) is 100 cm³/mol. The van der Waals surface area contributed by atoms with Crippen molar-refractivity contribution in [1.82, 2.24) is 0 Å². The van der Waals surface area contributed by atoms with Gasteiger partial charge in [-0.05, 0) is 35.6 Å². The standard InChI is InChI=1S/C22H24O4/c23-14-8-7-13-21(24)26-20-15-18(17-9-3-1-4-10-17)16-22(20,25)19-11-5-2-6-12-19/h1-6,9-12,15,20,23,25H,7-8,13-14,16H2/t20-,22-/m0/s1. The molecule has 0 spiro atoms. The Kier molecular flexibility index (Phi) is 5.86. The molecule has 2 aromatic carbocycles. The van der Waals surface area contributed by atoms with Crippen LogP contribution in [0.3, 0.4) is 0 Å². The maximum absolute atomic E-state index is 12.2. The molecule has 26 heavy (non-hydrogen) atoms. The average molecular weight is 352 g/mol. The van der Waals surface area contributed by atoms with Crippen molar-refractivity contribution in [2.75, 3.05) is 6.61 Å². The second-order valence-electron chi connectivity index (χ2n) is 6.62. The van der Waals surface area contributed by atoms with E-state index in [0.717, 1.165) is 16.7 Å². The van der Waals surface area contributed by atoms with E-state index in [0.29, 0.717) is 19.3 Å². The number of carbonyl (C=O) groups is 1. The molecule has 0 aromatic heterocycles. The zero-order valence-electron chi connectivity index (χ0n) is 14.7. The highest BCUT2D eigenvalue weighted by atomic mass is 16.6. The van der Waals surface area contributed by atoms with Crippen LogP contribution in [0.1, 0.15) is 36.8 Å². The molecule has 3 rings (SSSR count). The molecule has 0 radical (unpaired) electrons. The lowest BCUT2D eigenvalue weighted by atomic mass is 9.87. The lowest BCUT2D eigenvalue weighted by Crippen LogP contribution is -2.38. The first kappa shape index (κ1) is 18.4. The van der Waals surface area contributed by atoms with Crippen LogP contribution >= 0.6 is 0 Å². The maximum atomic E-state index is 12.2. The molecular weight excluding hydrogens is 328 g/mol. The van der Waals surface area contributed by atoms with Crippen molar-refractivity contribution in [3.05, 3.63) is 77.9 Å². The summed E-state index contributed by atoms with van der Waals surface area (Å²) in [6.45, 7) is 0.0583. The number of unbranched alkanes of at least 4 members (excludes halogenated alkanes) is 1. The molecule has 2 N–H and O–H groups in total. The number of esters is 1. The Bertz CT molecular complexity index is 754. The highest BCUT2D eigenvalue weighted by Gasteiger charge is 2.45.